The Bertz CT molecular complexity index is 877. The zero-order valence-electron chi connectivity index (χ0n) is 21.2. The molecule has 1 spiro atoms. The van der Waals surface area contributed by atoms with E-state index in [0.717, 1.165) is 31.5 Å². The Kier molecular flexibility index (Phi) is 8.34. The molecule has 194 valence electrons. The van der Waals surface area contributed by atoms with Crippen LogP contribution in [0, 0.1) is 11.3 Å². The van der Waals surface area contributed by atoms with Gasteiger partial charge in [-0.1, -0.05) is 18.2 Å². The number of aliphatic hydroxyl groups excluding tert-OH is 2. The van der Waals surface area contributed by atoms with E-state index in [9.17, 15) is 19.8 Å². The second-order valence-electron chi connectivity index (χ2n) is 11.0. The summed E-state index contributed by atoms with van der Waals surface area (Å²) in [4.78, 5) is 31.8. The lowest BCUT2D eigenvalue weighted by atomic mass is 9.72. The van der Waals surface area contributed by atoms with E-state index in [1.807, 2.05) is 23.1 Å². The first kappa shape index (κ1) is 25.9. The first-order chi connectivity index (χ1) is 16.7. The lowest BCUT2D eigenvalue weighted by molar-refractivity contribution is -0.139. The predicted molar refractivity (Wildman–Crippen MR) is 133 cm³/mol. The molecule has 0 aromatic heterocycles. The van der Waals surface area contributed by atoms with E-state index in [2.05, 4.69) is 11.9 Å². The molecular weight excluding hydrogens is 446 g/mol. The molecule has 35 heavy (non-hydrogen) atoms. The molecule has 8 heteroatoms. The van der Waals surface area contributed by atoms with Crippen molar-refractivity contribution in [3.05, 3.63) is 29.8 Å². The summed E-state index contributed by atoms with van der Waals surface area (Å²) < 4.78 is 5.79. The zero-order chi connectivity index (χ0) is 25.0. The van der Waals surface area contributed by atoms with Gasteiger partial charge in [-0.2, -0.15) is 0 Å². The maximum Gasteiger partial charge on any atom is 0.260 e. The van der Waals surface area contributed by atoms with Gasteiger partial charge in [0.15, 0.2) is 6.61 Å². The molecule has 2 fully saturated rings. The Hall–Kier alpha value is -2.16. The highest BCUT2D eigenvalue weighted by Gasteiger charge is 2.41. The predicted octanol–water partition coefficient (Wildman–Crippen LogP) is 1.53. The van der Waals surface area contributed by atoms with Crippen LogP contribution in [0.1, 0.15) is 44.1 Å². The molecule has 1 aromatic carbocycles. The van der Waals surface area contributed by atoms with E-state index < -0.39 is 12.2 Å². The molecule has 2 amide bonds. The number of nitrogens with zero attached hydrogens (tertiary/aromatic N) is 3. The average molecular weight is 488 g/mol. The van der Waals surface area contributed by atoms with E-state index in [1.165, 1.54) is 0 Å². The third-order valence-electron chi connectivity index (χ3n) is 8.32. The summed E-state index contributed by atoms with van der Waals surface area (Å²) in [7, 11) is 3.90. The summed E-state index contributed by atoms with van der Waals surface area (Å²) >= 11 is 0. The van der Waals surface area contributed by atoms with Crippen molar-refractivity contribution in [3.63, 3.8) is 0 Å². The molecule has 2 N–H and O–H groups in total. The van der Waals surface area contributed by atoms with Crippen molar-refractivity contribution < 1.29 is 24.5 Å². The van der Waals surface area contributed by atoms with E-state index in [4.69, 9.17) is 4.74 Å². The highest BCUT2D eigenvalue weighted by Crippen LogP contribution is 2.39. The molecule has 3 heterocycles. The molecular formula is C27H41N3O5. The number of likely N-dealkylation sites (N-methyl/N-ethyl adjacent to an activating group) is 1. The molecule has 0 aliphatic carbocycles. The quantitative estimate of drug-likeness (QED) is 0.657. The minimum Gasteiger partial charge on any atom is -0.483 e. The average Bonchev–Trinajstić information content (AvgIpc) is 2.84. The number of para-hydroxylation sites is 1. The highest BCUT2D eigenvalue weighted by atomic mass is 16.5. The summed E-state index contributed by atoms with van der Waals surface area (Å²) in [5, 5.41) is 21.8. The van der Waals surface area contributed by atoms with Crippen molar-refractivity contribution in [3.8, 4) is 5.75 Å². The fraction of sp³-hybridized carbons (Fsp3) is 0.704. The molecule has 0 bridgehead atoms. The van der Waals surface area contributed by atoms with E-state index in [1.54, 1.807) is 18.0 Å². The number of aliphatic hydroxyl groups is 2. The van der Waals surface area contributed by atoms with Crippen LogP contribution in [0.15, 0.2) is 24.3 Å². The number of ether oxygens (including phenoxy) is 1. The molecule has 1 aromatic rings. The maximum atomic E-state index is 13.0. The number of piperidine rings is 2. The molecule has 4 rings (SSSR count). The van der Waals surface area contributed by atoms with Crippen molar-refractivity contribution in [1.82, 2.24) is 14.7 Å². The topological polar surface area (TPSA) is 93.5 Å². The summed E-state index contributed by atoms with van der Waals surface area (Å²) in [6.07, 6.45) is 2.95. The SMILES string of the molecule is CN1CCC(CC(=O)N2CCC3(CC2)C[C@@H](O)[C@@H](O)Cc2ccccc2OCC(=O)N(C)C3)CC1. The number of fused-ring (bicyclic) bond motifs is 1. The van der Waals surface area contributed by atoms with Crippen molar-refractivity contribution in [2.45, 2.75) is 57.2 Å². The number of amides is 2. The van der Waals surface area contributed by atoms with Gasteiger partial charge in [0.25, 0.3) is 5.91 Å². The van der Waals surface area contributed by atoms with Gasteiger partial charge in [-0.3, -0.25) is 9.59 Å². The van der Waals surface area contributed by atoms with Gasteiger partial charge in [0.2, 0.25) is 5.91 Å². The summed E-state index contributed by atoms with van der Waals surface area (Å²) in [6, 6.07) is 7.34. The molecule has 3 aliphatic heterocycles. The molecule has 2 atom stereocenters. The van der Waals surface area contributed by atoms with Crippen LogP contribution in [0.25, 0.3) is 0 Å². The lowest BCUT2D eigenvalue weighted by Gasteiger charge is -2.45. The van der Waals surface area contributed by atoms with Crippen molar-refractivity contribution >= 4 is 11.8 Å². The second kappa shape index (κ2) is 11.3. The van der Waals surface area contributed by atoms with Gasteiger partial charge in [-0.05, 0) is 75.2 Å². The standard InChI is InChI=1S/C27H41N3O5/c1-28-11-7-20(8-12-28)15-25(33)30-13-9-27(10-14-30)17-23(32)22(31)16-21-5-3-4-6-24(21)35-18-26(34)29(2)19-27/h3-6,20,22-23,31-32H,7-19H2,1-2H3/t22-,23+/m0/s1. The van der Waals surface area contributed by atoms with Crippen molar-refractivity contribution in [2.24, 2.45) is 11.3 Å². The molecule has 0 radical (unpaired) electrons. The number of benzene rings is 1. The van der Waals surface area contributed by atoms with Gasteiger partial charge in [-0.15, -0.1) is 0 Å². The second-order valence-corrected chi connectivity index (χ2v) is 11.0. The smallest absolute Gasteiger partial charge is 0.260 e. The highest BCUT2D eigenvalue weighted by molar-refractivity contribution is 5.78. The van der Waals surface area contributed by atoms with Gasteiger partial charge < -0.3 is 29.6 Å². The normalized spacial score (nSPS) is 27.0. The number of hydrogen-bond donors (Lipinski definition) is 2. The maximum absolute atomic E-state index is 13.0. The number of carbonyl (C=O) groups excluding carboxylic acids is 2. The molecule has 0 saturated carbocycles. The van der Waals surface area contributed by atoms with E-state index in [-0.39, 0.29) is 30.3 Å². The van der Waals surface area contributed by atoms with Crippen LogP contribution < -0.4 is 4.74 Å². The minimum atomic E-state index is -0.929. The molecule has 3 aliphatic rings. The first-order valence-corrected chi connectivity index (χ1v) is 13.0. The van der Waals surface area contributed by atoms with Crippen LogP contribution in [0.3, 0.4) is 0 Å². The monoisotopic (exact) mass is 487 g/mol. The van der Waals surface area contributed by atoms with Gasteiger partial charge in [-0.25, -0.2) is 0 Å². The van der Waals surface area contributed by atoms with E-state index >= 15 is 0 Å². The van der Waals surface area contributed by atoms with Crippen LogP contribution in [0.5, 0.6) is 5.75 Å². The van der Waals surface area contributed by atoms with Crippen LogP contribution >= 0.6 is 0 Å². The van der Waals surface area contributed by atoms with Crippen LogP contribution in [-0.2, 0) is 16.0 Å². The Morgan fingerprint density at radius 1 is 1.06 bits per heavy atom. The number of hydrogen-bond acceptors (Lipinski definition) is 6. The zero-order valence-corrected chi connectivity index (χ0v) is 21.2. The fourth-order valence-corrected chi connectivity index (χ4v) is 5.89. The van der Waals surface area contributed by atoms with Gasteiger partial charge >= 0.3 is 0 Å². The van der Waals surface area contributed by atoms with Gasteiger partial charge in [0.05, 0.1) is 12.2 Å². The molecule has 8 nitrogen and oxygen atoms in total. The van der Waals surface area contributed by atoms with Crippen molar-refractivity contribution in [2.75, 3.05) is 53.4 Å². The fourth-order valence-electron chi connectivity index (χ4n) is 5.89. The van der Waals surface area contributed by atoms with Crippen LogP contribution in [0.2, 0.25) is 0 Å². The number of carbonyl (C=O) groups is 2. The van der Waals surface area contributed by atoms with Crippen molar-refractivity contribution in [1.29, 1.82) is 0 Å². The third-order valence-corrected chi connectivity index (χ3v) is 8.32. The van der Waals surface area contributed by atoms with E-state index in [0.29, 0.717) is 57.0 Å². The summed E-state index contributed by atoms with van der Waals surface area (Å²) in [5.74, 6) is 1.12. The minimum absolute atomic E-state index is 0.0660. The number of likely N-dealkylation sites (tertiary alicyclic amines) is 2. The lowest BCUT2D eigenvalue weighted by Crippen LogP contribution is -2.51. The number of rotatable bonds is 2. The Morgan fingerprint density at radius 3 is 2.46 bits per heavy atom. The molecule has 2 saturated heterocycles. The molecule has 0 unspecified atom stereocenters. The summed E-state index contributed by atoms with van der Waals surface area (Å²) in [5.41, 5.74) is 0.423. The summed E-state index contributed by atoms with van der Waals surface area (Å²) in [6.45, 7) is 3.75. The Balaban J connectivity index is 1.43. The van der Waals surface area contributed by atoms with Crippen LogP contribution in [0.4, 0.5) is 0 Å². The Labute approximate surface area is 208 Å². The largest absolute Gasteiger partial charge is 0.483 e. The third kappa shape index (κ3) is 6.54. The van der Waals surface area contributed by atoms with Gasteiger partial charge in [0.1, 0.15) is 5.75 Å². The van der Waals surface area contributed by atoms with Crippen LogP contribution in [-0.4, -0.2) is 102 Å². The van der Waals surface area contributed by atoms with Gasteiger partial charge in [0, 0.05) is 39.5 Å². The first-order valence-electron chi connectivity index (χ1n) is 13.0. The Morgan fingerprint density at radius 2 is 1.74 bits per heavy atom.